The lowest BCUT2D eigenvalue weighted by atomic mass is 10.5. The van der Waals surface area contributed by atoms with Gasteiger partial charge < -0.3 is 5.32 Å². The second kappa shape index (κ2) is 5.53. The van der Waals surface area contributed by atoms with Gasteiger partial charge in [-0.25, -0.2) is 14.0 Å². The number of rotatable bonds is 0. The quantitative estimate of drug-likeness (QED) is 0.755. The molecule has 0 atom stereocenters. The van der Waals surface area contributed by atoms with E-state index >= 15 is 0 Å². The van der Waals surface area contributed by atoms with E-state index in [4.69, 9.17) is 0 Å². The summed E-state index contributed by atoms with van der Waals surface area (Å²) in [5.41, 5.74) is -0.0268. The van der Waals surface area contributed by atoms with Crippen LogP contribution in [0, 0.1) is 0 Å². The van der Waals surface area contributed by atoms with E-state index in [-0.39, 0.29) is 24.8 Å². The van der Waals surface area contributed by atoms with Crippen LogP contribution in [-0.4, -0.2) is 27.3 Å². The predicted octanol–water partition coefficient (Wildman–Crippen LogP) is 0.527. The second-order valence-electron chi connectivity index (χ2n) is 2.68. The van der Waals surface area contributed by atoms with Gasteiger partial charge in [-0.05, 0) is 12.1 Å². The van der Waals surface area contributed by atoms with E-state index in [9.17, 15) is 9.59 Å². The van der Waals surface area contributed by atoms with Crippen LogP contribution in [0.1, 0.15) is 0 Å². The smallest absolute Gasteiger partial charge is 0.339 e. The monoisotopic (exact) mass is 264 g/mol. The number of halogens is 2. The SMILES string of the molecule is CNC(=O)n1nc2ccccn2c1=O.Cl.Cl. The molecule has 1 amide bonds. The maximum absolute atomic E-state index is 11.5. The Bertz CT molecular complexity index is 548. The fourth-order valence-corrected chi connectivity index (χ4v) is 1.16. The van der Waals surface area contributed by atoms with Gasteiger partial charge in [-0.2, -0.15) is 0 Å². The first-order chi connectivity index (χ1) is 6.74. The van der Waals surface area contributed by atoms with Crippen molar-refractivity contribution in [3.63, 3.8) is 0 Å². The molecule has 8 heteroatoms. The molecule has 16 heavy (non-hydrogen) atoms. The lowest BCUT2D eigenvalue weighted by molar-refractivity contribution is 0.241. The topological polar surface area (TPSA) is 68.4 Å². The van der Waals surface area contributed by atoms with Gasteiger partial charge in [-0.1, -0.05) is 6.07 Å². The molecular weight excluding hydrogens is 255 g/mol. The molecule has 0 aromatic carbocycles. The third-order valence-corrected chi connectivity index (χ3v) is 1.83. The largest absolute Gasteiger partial charge is 0.359 e. The third kappa shape index (κ3) is 2.17. The molecule has 0 unspecified atom stereocenters. The van der Waals surface area contributed by atoms with E-state index in [2.05, 4.69) is 10.4 Å². The molecule has 2 aromatic heterocycles. The molecule has 0 bridgehead atoms. The third-order valence-electron chi connectivity index (χ3n) is 1.83. The van der Waals surface area contributed by atoms with Crippen molar-refractivity contribution in [3.05, 3.63) is 34.9 Å². The van der Waals surface area contributed by atoms with Crippen LogP contribution >= 0.6 is 24.8 Å². The van der Waals surface area contributed by atoms with Crippen molar-refractivity contribution in [1.82, 2.24) is 19.5 Å². The Morgan fingerprint density at radius 2 is 2.06 bits per heavy atom. The maximum atomic E-state index is 11.5. The zero-order valence-electron chi connectivity index (χ0n) is 8.28. The molecule has 0 aliphatic rings. The summed E-state index contributed by atoms with van der Waals surface area (Å²) >= 11 is 0. The summed E-state index contributed by atoms with van der Waals surface area (Å²) in [6.07, 6.45) is 1.56. The highest BCUT2D eigenvalue weighted by atomic mass is 35.5. The minimum Gasteiger partial charge on any atom is -0.339 e. The summed E-state index contributed by atoms with van der Waals surface area (Å²) in [6.45, 7) is 0. The minimum atomic E-state index is -0.543. The van der Waals surface area contributed by atoms with E-state index in [1.165, 1.54) is 11.4 Å². The van der Waals surface area contributed by atoms with Crippen LogP contribution in [0.5, 0.6) is 0 Å². The summed E-state index contributed by atoms with van der Waals surface area (Å²) in [7, 11) is 1.44. The Morgan fingerprint density at radius 1 is 1.38 bits per heavy atom. The normalized spacial score (nSPS) is 9.06. The van der Waals surface area contributed by atoms with Crippen molar-refractivity contribution >= 4 is 36.5 Å². The number of nitrogens with zero attached hydrogens (tertiary/aromatic N) is 3. The molecule has 1 N–H and O–H groups in total. The molecule has 0 aliphatic heterocycles. The van der Waals surface area contributed by atoms with Gasteiger partial charge in [-0.15, -0.1) is 34.6 Å². The first kappa shape index (κ1) is 14.5. The average Bonchev–Trinajstić information content (AvgIpc) is 2.56. The van der Waals surface area contributed by atoms with Gasteiger partial charge in [0.15, 0.2) is 5.65 Å². The van der Waals surface area contributed by atoms with Gasteiger partial charge >= 0.3 is 11.7 Å². The number of carbonyl (C=O) groups excluding carboxylic acids is 1. The van der Waals surface area contributed by atoms with Crippen LogP contribution in [0.3, 0.4) is 0 Å². The highest BCUT2D eigenvalue weighted by Gasteiger charge is 2.10. The molecule has 88 valence electrons. The van der Waals surface area contributed by atoms with Crippen LogP contribution in [-0.2, 0) is 0 Å². The lowest BCUT2D eigenvalue weighted by Crippen LogP contribution is -2.34. The van der Waals surface area contributed by atoms with Gasteiger partial charge in [-0.3, -0.25) is 0 Å². The average molecular weight is 265 g/mol. The van der Waals surface area contributed by atoms with Gasteiger partial charge in [0.25, 0.3) is 0 Å². The molecule has 2 rings (SSSR count). The van der Waals surface area contributed by atoms with Crippen LogP contribution in [0.2, 0.25) is 0 Å². The van der Waals surface area contributed by atoms with Gasteiger partial charge in [0.1, 0.15) is 0 Å². The van der Waals surface area contributed by atoms with Crippen molar-refractivity contribution in [2.24, 2.45) is 0 Å². The van der Waals surface area contributed by atoms with Crippen LogP contribution in [0.25, 0.3) is 5.65 Å². The van der Waals surface area contributed by atoms with Crippen molar-refractivity contribution in [1.29, 1.82) is 0 Å². The highest BCUT2D eigenvalue weighted by Crippen LogP contribution is 1.94. The molecule has 0 saturated carbocycles. The van der Waals surface area contributed by atoms with Crippen LogP contribution < -0.4 is 11.0 Å². The standard InChI is InChI=1S/C8H8N4O2.2ClH/c1-9-7(13)12-8(14)11-5-3-2-4-6(11)10-12;;/h2-5H,1H3,(H,9,13);2*1H. The number of hydrogen-bond acceptors (Lipinski definition) is 3. The Hall–Kier alpha value is -1.53. The maximum Gasteiger partial charge on any atom is 0.359 e. The number of aromatic nitrogens is 3. The zero-order chi connectivity index (χ0) is 10.1. The zero-order valence-corrected chi connectivity index (χ0v) is 9.92. The molecule has 2 heterocycles. The Kier molecular flexibility index (Phi) is 5.00. The Morgan fingerprint density at radius 3 is 2.62 bits per heavy atom. The number of hydrogen-bond donors (Lipinski definition) is 1. The van der Waals surface area contributed by atoms with E-state index in [0.717, 1.165) is 4.68 Å². The number of fused-ring (bicyclic) bond motifs is 1. The van der Waals surface area contributed by atoms with E-state index in [0.29, 0.717) is 5.65 Å². The van der Waals surface area contributed by atoms with Crippen LogP contribution in [0.15, 0.2) is 29.2 Å². The Balaban J connectivity index is 0.00000112. The predicted molar refractivity (Wildman–Crippen MR) is 63.8 cm³/mol. The molecule has 0 aliphatic carbocycles. The molecule has 2 aromatic rings. The molecule has 0 fully saturated rings. The molecule has 0 radical (unpaired) electrons. The minimum absolute atomic E-state index is 0. The van der Waals surface area contributed by atoms with Crippen molar-refractivity contribution in [2.45, 2.75) is 0 Å². The van der Waals surface area contributed by atoms with Crippen molar-refractivity contribution < 1.29 is 4.79 Å². The van der Waals surface area contributed by atoms with E-state index < -0.39 is 11.7 Å². The van der Waals surface area contributed by atoms with Gasteiger partial charge in [0.05, 0.1) is 0 Å². The summed E-state index contributed by atoms with van der Waals surface area (Å²) in [5.74, 6) is 0. The molecular formula is C8H10Cl2N4O2. The molecule has 6 nitrogen and oxygen atoms in total. The van der Waals surface area contributed by atoms with Crippen molar-refractivity contribution in [2.75, 3.05) is 7.05 Å². The first-order valence-electron chi connectivity index (χ1n) is 4.02. The summed E-state index contributed by atoms with van der Waals surface area (Å²) in [4.78, 5) is 22.7. The summed E-state index contributed by atoms with van der Waals surface area (Å²) in [6, 6.07) is 4.56. The number of pyridine rings is 1. The van der Waals surface area contributed by atoms with E-state index in [1.54, 1.807) is 24.4 Å². The number of nitrogens with one attached hydrogen (secondary N) is 1. The van der Waals surface area contributed by atoms with Gasteiger partial charge in [0.2, 0.25) is 0 Å². The molecule has 0 saturated heterocycles. The number of carbonyl (C=O) groups is 1. The first-order valence-corrected chi connectivity index (χ1v) is 4.02. The second-order valence-corrected chi connectivity index (χ2v) is 2.68. The van der Waals surface area contributed by atoms with Crippen LogP contribution in [0.4, 0.5) is 4.79 Å². The lowest BCUT2D eigenvalue weighted by Gasteiger charge is -1.93. The summed E-state index contributed by atoms with van der Waals surface area (Å²) in [5, 5.41) is 6.17. The van der Waals surface area contributed by atoms with Gasteiger partial charge in [0, 0.05) is 13.2 Å². The fourth-order valence-electron chi connectivity index (χ4n) is 1.16. The highest BCUT2D eigenvalue weighted by molar-refractivity contribution is 5.85. The number of amides is 1. The molecule has 0 spiro atoms. The Labute approximate surface area is 103 Å². The fraction of sp³-hybridized carbons (Fsp3) is 0.125. The summed E-state index contributed by atoms with van der Waals surface area (Å²) < 4.78 is 2.09. The van der Waals surface area contributed by atoms with Crippen molar-refractivity contribution in [3.8, 4) is 0 Å². The van der Waals surface area contributed by atoms with E-state index in [1.807, 2.05) is 0 Å².